The van der Waals surface area contributed by atoms with Crippen LogP contribution in [0.1, 0.15) is 26.3 Å². The van der Waals surface area contributed by atoms with Crippen LogP contribution in [0.3, 0.4) is 0 Å². The molecule has 0 radical (unpaired) electrons. The Bertz CT molecular complexity index is 419. The van der Waals surface area contributed by atoms with Crippen molar-refractivity contribution in [1.82, 2.24) is 4.90 Å². The second-order valence-corrected chi connectivity index (χ2v) is 5.82. The molecule has 4 heteroatoms. The quantitative estimate of drug-likeness (QED) is 0.795. The van der Waals surface area contributed by atoms with E-state index in [4.69, 9.17) is 15.2 Å². The first-order chi connectivity index (χ1) is 9.47. The van der Waals surface area contributed by atoms with Crippen LogP contribution in [0.4, 0.5) is 0 Å². The number of hydrogen-bond donors (Lipinski definition) is 1. The van der Waals surface area contributed by atoms with Crippen molar-refractivity contribution < 1.29 is 9.47 Å². The van der Waals surface area contributed by atoms with Gasteiger partial charge < -0.3 is 15.2 Å². The Morgan fingerprint density at radius 3 is 2.40 bits per heavy atom. The normalized spacial score (nSPS) is 11.8. The molecule has 0 unspecified atom stereocenters. The zero-order valence-electron chi connectivity index (χ0n) is 13.4. The number of hydrogen-bond acceptors (Lipinski definition) is 4. The lowest BCUT2D eigenvalue weighted by molar-refractivity contribution is 0.181. The van der Waals surface area contributed by atoms with Gasteiger partial charge in [-0.3, -0.25) is 4.90 Å². The summed E-state index contributed by atoms with van der Waals surface area (Å²) in [7, 11) is 3.35. The largest absolute Gasteiger partial charge is 0.493 e. The Hall–Kier alpha value is -1.26. The van der Waals surface area contributed by atoms with Gasteiger partial charge in [-0.15, -0.1) is 0 Å². The first-order valence-electron chi connectivity index (χ1n) is 7.09. The molecular weight excluding hydrogens is 252 g/mol. The van der Waals surface area contributed by atoms with Crippen molar-refractivity contribution in [1.29, 1.82) is 0 Å². The van der Waals surface area contributed by atoms with Crippen LogP contribution >= 0.6 is 0 Å². The van der Waals surface area contributed by atoms with E-state index in [2.05, 4.69) is 31.7 Å². The summed E-state index contributed by atoms with van der Waals surface area (Å²) in [6, 6.07) is 6.00. The van der Waals surface area contributed by atoms with E-state index in [0.29, 0.717) is 6.54 Å². The van der Waals surface area contributed by atoms with Crippen LogP contribution < -0.4 is 15.2 Å². The summed E-state index contributed by atoms with van der Waals surface area (Å²) in [6.45, 7) is 10.00. The maximum absolute atomic E-state index is 5.83. The Morgan fingerprint density at radius 1 is 1.20 bits per heavy atom. The van der Waals surface area contributed by atoms with E-state index in [-0.39, 0.29) is 5.41 Å². The minimum absolute atomic E-state index is 0.113. The molecule has 0 aromatic heterocycles. The summed E-state index contributed by atoms with van der Waals surface area (Å²) in [5, 5.41) is 0. The summed E-state index contributed by atoms with van der Waals surface area (Å²) in [5.74, 6) is 1.60. The summed E-state index contributed by atoms with van der Waals surface area (Å²) < 4.78 is 10.8. The number of rotatable bonds is 8. The fourth-order valence-electron chi connectivity index (χ4n) is 2.27. The van der Waals surface area contributed by atoms with Crippen LogP contribution in [0.5, 0.6) is 11.5 Å². The molecule has 1 aromatic carbocycles. The van der Waals surface area contributed by atoms with Gasteiger partial charge >= 0.3 is 0 Å². The van der Waals surface area contributed by atoms with Crippen molar-refractivity contribution in [2.24, 2.45) is 11.1 Å². The monoisotopic (exact) mass is 280 g/mol. The third kappa shape index (κ3) is 4.39. The molecule has 0 spiro atoms. The predicted molar refractivity (Wildman–Crippen MR) is 83.3 cm³/mol. The van der Waals surface area contributed by atoms with Gasteiger partial charge in [-0.2, -0.15) is 0 Å². The third-order valence-corrected chi connectivity index (χ3v) is 3.53. The van der Waals surface area contributed by atoms with E-state index in [1.165, 1.54) is 0 Å². The summed E-state index contributed by atoms with van der Waals surface area (Å²) in [5.41, 5.74) is 7.09. The first kappa shape index (κ1) is 16.8. The highest BCUT2D eigenvalue weighted by Crippen LogP contribution is 2.31. The molecule has 4 nitrogen and oxygen atoms in total. The van der Waals surface area contributed by atoms with Crippen LogP contribution in [0.15, 0.2) is 18.2 Å². The molecule has 0 saturated heterocycles. The molecular formula is C16H28N2O2. The van der Waals surface area contributed by atoms with Crippen molar-refractivity contribution in [3.8, 4) is 11.5 Å². The summed E-state index contributed by atoms with van der Waals surface area (Å²) in [4.78, 5) is 2.38. The van der Waals surface area contributed by atoms with Gasteiger partial charge in [0.15, 0.2) is 11.5 Å². The number of nitrogens with two attached hydrogens (primary N) is 1. The molecule has 0 saturated carbocycles. The highest BCUT2D eigenvalue weighted by molar-refractivity contribution is 5.46. The highest BCUT2D eigenvalue weighted by atomic mass is 16.5. The molecule has 0 aliphatic carbocycles. The second kappa shape index (κ2) is 7.50. The fraction of sp³-hybridized carbons (Fsp3) is 0.625. The van der Waals surface area contributed by atoms with Crippen LogP contribution in [-0.4, -0.2) is 38.8 Å². The third-order valence-electron chi connectivity index (χ3n) is 3.53. The predicted octanol–water partition coefficient (Wildman–Crippen LogP) is 2.51. The molecule has 20 heavy (non-hydrogen) atoms. The molecule has 0 amide bonds. The zero-order chi connectivity index (χ0) is 15.2. The molecule has 0 aliphatic rings. The van der Waals surface area contributed by atoms with Gasteiger partial charge in [-0.1, -0.05) is 32.9 Å². The topological polar surface area (TPSA) is 47.7 Å². The molecule has 114 valence electrons. The van der Waals surface area contributed by atoms with Crippen LogP contribution in [-0.2, 0) is 6.54 Å². The Morgan fingerprint density at radius 2 is 1.90 bits per heavy atom. The van der Waals surface area contributed by atoms with Crippen molar-refractivity contribution in [2.45, 2.75) is 27.3 Å². The molecule has 2 N–H and O–H groups in total. The van der Waals surface area contributed by atoms with Gasteiger partial charge in [-0.25, -0.2) is 0 Å². The van der Waals surface area contributed by atoms with E-state index in [1.54, 1.807) is 14.2 Å². The average Bonchev–Trinajstić information content (AvgIpc) is 2.45. The summed E-state index contributed by atoms with van der Waals surface area (Å²) in [6.07, 6.45) is 0. The lowest BCUT2D eigenvalue weighted by atomic mass is 9.93. The second-order valence-electron chi connectivity index (χ2n) is 5.82. The van der Waals surface area contributed by atoms with Gasteiger partial charge in [0.25, 0.3) is 0 Å². The van der Waals surface area contributed by atoms with Crippen molar-refractivity contribution in [3.05, 3.63) is 23.8 Å². The molecule has 1 rings (SSSR count). The van der Waals surface area contributed by atoms with E-state index in [0.717, 1.165) is 36.7 Å². The van der Waals surface area contributed by atoms with Gasteiger partial charge in [0.1, 0.15) is 0 Å². The minimum atomic E-state index is 0.113. The SMILES string of the molecule is CCN(Cc1cccc(OC)c1OC)CC(C)(C)CN. The highest BCUT2D eigenvalue weighted by Gasteiger charge is 2.21. The first-order valence-corrected chi connectivity index (χ1v) is 7.09. The fourth-order valence-corrected chi connectivity index (χ4v) is 2.27. The van der Waals surface area contributed by atoms with Crippen LogP contribution in [0, 0.1) is 5.41 Å². The molecule has 0 atom stereocenters. The number of benzene rings is 1. The number of para-hydroxylation sites is 1. The minimum Gasteiger partial charge on any atom is -0.493 e. The standard InChI is InChI=1S/C16H28N2O2/c1-6-18(12-16(2,3)11-17)10-13-8-7-9-14(19-4)15(13)20-5/h7-9H,6,10-12,17H2,1-5H3. The molecule has 0 aliphatic heterocycles. The average molecular weight is 280 g/mol. The van der Waals surface area contributed by atoms with Gasteiger partial charge in [0.2, 0.25) is 0 Å². The maximum Gasteiger partial charge on any atom is 0.165 e. The molecule has 0 fully saturated rings. The van der Waals surface area contributed by atoms with Crippen molar-refractivity contribution in [2.75, 3.05) is 33.9 Å². The lowest BCUT2D eigenvalue weighted by Gasteiger charge is -2.31. The van der Waals surface area contributed by atoms with E-state index in [9.17, 15) is 0 Å². The van der Waals surface area contributed by atoms with Crippen molar-refractivity contribution in [3.63, 3.8) is 0 Å². The van der Waals surface area contributed by atoms with Gasteiger partial charge in [0.05, 0.1) is 14.2 Å². The smallest absolute Gasteiger partial charge is 0.165 e. The summed E-state index contributed by atoms with van der Waals surface area (Å²) >= 11 is 0. The van der Waals surface area contributed by atoms with E-state index < -0.39 is 0 Å². The van der Waals surface area contributed by atoms with Gasteiger partial charge in [0, 0.05) is 18.7 Å². The van der Waals surface area contributed by atoms with Crippen LogP contribution in [0.2, 0.25) is 0 Å². The van der Waals surface area contributed by atoms with Crippen molar-refractivity contribution >= 4 is 0 Å². The number of methoxy groups -OCH3 is 2. The Labute approximate surface area is 122 Å². The van der Waals surface area contributed by atoms with E-state index in [1.807, 2.05) is 12.1 Å². The van der Waals surface area contributed by atoms with Crippen LogP contribution in [0.25, 0.3) is 0 Å². The zero-order valence-corrected chi connectivity index (χ0v) is 13.4. The Balaban J connectivity index is 2.90. The number of nitrogens with zero attached hydrogens (tertiary/aromatic N) is 1. The maximum atomic E-state index is 5.83. The van der Waals surface area contributed by atoms with E-state index >= 15 is 0 Å². The lowest BCUT2D eigenvalue weighted by Crippen LogP contribution is -2.38. The number of ether oxygens (including phenoxy) is 2. The molecule has 1 aromatic rings. The molecule has 0 bridgehead atoms. The Kier molecular flexibility index (Phi) is 6.30. The van der Waals surface area contributed by atoms with Gasteiger partial charge in [-0.05, 0) is 24.6 Å². The molecule has 0 heterocycles.